The first kappa shape index (κ1) is 33.5. The molecular weight excluding hydrogens is 584 g/mol. The summed E-state index contributed by atoms with van der Waals surface area (Å²) in [5.74, 6) is -0.324. The molecule has 8 nitrogen and oxygen atoms in total. The summed E-state index contributed by atoms with van der Waals surface area (Å²) in [5.41, 5.74) is 12.0. The third kappa shape index (κ3) is 8.32. The van der Waals surface area contributed by atoms with Gasteiger partial charge in [0.05, 0.1) is 50.2 Å². The van der Waals surface area contributed by atoms with Crippen molar-refractivity contribution in [2.75, 3.05) is 56.8 Å². The zero-order valence-corrected chi connectivity index (χ0v) is 28.2. The summed E-state index contributed by atoms with van der Waals surface area (Å²) in [6.07, 6.45) is 11.9. The van der Waals surface area contributed by atoms with Crippen molar-refractivity contribution in [1.29, 1.82) is 0 Å². The minimum atomic E-state index is -0.179. The zero-order chi connectivity index (χ0) is 33.4. The van der Waals surface area contributed by atoms with Crippen molar-refractivity contribution in [2.24, 2.45) is 5.10 Å². The van der Waals surface area contributed by atoms with Crippen molar-refractivity contribution in [3.8, 4) is 0 Å². The number of unbranched alkanes of at least 4 members (excludes halogenated alkanes) is 3. The number of hydrogen-bond donors (Lipinski definition) is 2. The molecule has 5 rings (SSSR count). The van der Waals surface area contributed by atoms with Crippen LogP contribution in [0.2, 0.25) is 0 Å². The van der Waals surface area contributed by atoms with Crippen LogP contribution in [0, 0.1) is 6.92 Å². The van der Waals surface area contributed by atoms with Gasteiger partial charge >= 0.3 is 0 Å². The van der Waals surface area contributed by atoms with E-state index in [9.17, 15) is 9.59 Å². The van der Waals surface area contributed by atoms with Crippen molar-refractivity contribution in [3.05, 3.63) is 119 Å². The molecule has 0 spiro atoms. The van der Waals surface area contributed by atoms with Gasteiger partial charge in [-0.1, -0.05) is 42.5 Å². The summed E-state index contributed by atoms with van der Waals surface area (Å²) in [6.45, 7) is 5.76. The minimum absolute atomic E-state index is 0.145. The number of anilines is 3. The Labute approximate surface area is 279 Å². The molecule has 0 bridgehead atoms. The summed E-state index contributed by atoms with van der Waals surface area (Å²) >= 11 is 0. The molecule has 0 saturated carbocycles. The van der Waals surface area contributed by atoms with E-state index in [4.69, 9.17) is 5.73 Å². The molecule has 1 heterocycles. The van der Waals surface area contributed by atoms with Gasteiger partial charge in [0, 0.05) is 66.6 Å². The maximum atomic E-state index is 13.4. The number of nitrogen functional groups attached to an aromatic ring is 1. The van der Waals surface area contributed by atoms with Gasteiger partial charge < -0.3 is 15.5 Å². The molecule has 1 aliphatic carbocycles. The van der Waals surface area contributed by atoms with E-state index in [0.29, 0.717) is 40.2 Å². The topological polar surface area (TPSA) is 91.7 Å². The number of carbonyl (C=O) groups excluding carboxylic acids is 2. The quantitative estimate of drug-likeness (QED) is 0.0356. The van der Waals surface area contributed by atoms with E-state index < -0.39 is 0 Å². The zero-order valence-electron chi connectivity index (χ0n) is 28.2. The lowest BCUT2D eigenvalue weighted by Gasteiger charge is -2.30. The van der Waals surface area contributed by atoms with Crippen LogP contribution in [0.15, 0.2) is 90.3 Å². The first-order valence-electron chi connectivity index (χ1n) is 16.6. The van der Waals surface area contributed by atoms with Gasteiger partial charge in [-0.3, -0.25) is 14.6 Å². The number of fused-ring (bicyclic) bond motifs is 2. The molecule has 3 aromatic carbocycles. The number of hydrogen-bond acceptors (Lipinski definition) is 6. The van der Waals surface area contributed by atoms with E-state index in [1.54, 1.807) is 24.3 Å². The molecule has 0 amide bonds. The normalized spacial score (nSPS) is 12.7. The number of nitrogens with zero attached hydrogens (tertiary/aromatic N) is 4. The summed E-state index contributed by atoms with van der Waals surface area (Å²) in [6, 6.07) is 23.2. The van der Waals surface area contributed by atoms with Crippen molar-refractivity contribution in [2.45, 2.75) is 45.6 Å². The number of para-hydroxylation sites is 1. The molecule has 3 N–H and O–H groups in total. The monoisotopic (exact) mass is 632 g/mol. The van der Waals surface area contributed by atoms with Gasteiger partial charge in [0.25, 0.3) is 0 Å². The Morgan fingerprint density at radius 3 is 2.15 bits per heavy atom. The fourth-order valence-electron chi connectivity index (χ4n) is 6.19. The van der Waals surface area contributed by atoms with Gasteiger partial charge in [-0.2, -0.15) is 5.10 Å². The summed E-state index contributed by atoms with van der Waals surface area (Å²) < 4.78 is 3.19. The van der Waals surface area contributed by atoms with Gasteiger partial charge in [-0.25, -0.2) is 4.57 Å². The van der Waals surface area contributed by atoms with Crippen LogP contribution in [-0.2, 0) is 6.54 Å². The lowest BCUT2D eigenvalue weighted by atomic mass is 9.81. The highest BCUT2D eigenvalue weighted by Gasteiger charge is 2.34. The largest absolute Gasteiger partial charge is 0.398 e. The Balaban J connectivity index is 1.01. The van der Waals surface area contributed by atoms with Crippen molar-refractivity contribution in [1.82, 2.24) is 0 Å². The molecule has 0 fully saturated rings. The van der Waals surface area contributed by atoms with Crippen molar-refractivity contribution < 1.29 is 18.6 Å². The van der Waals surface area contributed by atoms with E-state index in [0.717, 1.165) is 53.8 Å². The van der Waals surface area contributed by atoms with E-state index in [1.165, 1.54) is 19.3 Å². The van der Waals surface area contributed by atoms with Gasteiger partial charge in [0.2, 0.25) is 0 Å². The van der Waals surface area contributed by atoms with E-state index >= 15 is 0 Å². The SMILES string of the molecule is Cc1cc(NCCC[N+](C)(C)CCCCCC[n+]2ccc(C=NN(C)c3ccccc3)cc2)c2c(c1N)C(=O)c1ccccc1C2=O. The molecule has 0 radical (unpaired) electrons. The van der Waals surface area contributed by atoms with Crippen LogP contribution < -0.4 is 20.6 Å². The highest BCUT2D eigenvalue weighted by Crippen LogP contribution is 2.37. The minimum Gasteiger partial charge on any atom is -0.398 e. The Morgan fingerprint density at radius 2 is 1.45 bits per heavy atom. The van der Waals surface area contributed by atoms with Crippen LogP contribution in [-0.4, -0.2) is 63.0 Å². The number of benzene rings is 3. The number of aromatic nitrogens is 1. The predicted molar refractivity (Wildman–Crippen MR) is 191 cm³/mol. The Kier molecular flexibility index (Phi) is 10.8. The van der Waals surface area contributed by atoms with Gasteiger partial charge in [0.1, 0.15) is 6.54 Å². The van der Waals surface area contributed by atoms with Gasteiger partial charge in [-0.15, -0.1) is 0 Å². The van der Waals surface area contributed by atoms with Crippen LogP contribution in [0.3, 0.4) is 0 Å². The van der Waals surface area contributed by atoms with Gasteiger partial charge in [-0.05, 0) is 49.9 Å². The van der Waals surface area contributed by atoms with Crippen LogP contribution in [0.4, 0.5) is 17.1 Å². The predicted octanol–water partition coefficient (Wildman–Crippen LogP) is 6.25. The highest BCUT2D eigenvalue weighted by atomic mass is 16.1. The molecule has 1 aromatic heterocycles. The molecule has 4 aromatic rings. The van der Waals surface area contributed by atoms with E-state index in [-0.39, 0.29) is 11.6 Å². The number of pyridine rings is 1. The maximum absolute atomic E-state index is 13.4. The second kappa shape index (κ2) is 15.2. The standard InChI is InChI=1S/C39H47N6O2/c1-29-27-34(35-36(37(29)40)39(47)33-18-11-10-17-32(33)38(35)46)41-21-14-26-45(3,4)25-13-6-5-12-22-44-23-19-30(20-24-44)28-42-43(2)31-15-8-7-9-16-31/h7-11,15-20,23-24,27-28,40,42H,5-6,12-14,21-22,25-26H2,1-4H3/q+1/p+1. The molecule has 0 saturated heterocycles. The van der Waals surface area contributed by atoms with Crippen LogP contribution in [0.5, 0.6) is 0 Å². The molecule has 244 valence electrons. The van der Waals surface area contributed by atoms with E-state index in [2.05, 4.69) is 53.6 Å². The molecule has 0 unspecified atom stereocenters. The third-order valence-electron chi connectivity index (χ3n) is 9.06. The number of aryl methyl sites for hydroxylation is 2. The second-order valence-corrected chi connectivity index (χ2v) is 13.2. The fourth-order valence-corrected chi connectivity index (χ4v) is 6.19. The smallest absolute Gasteiger partial charge is 0.196 e. The van der Waals surface area contributed by atoms with Crippen molar-refractivity contribution >= 4 is 34.8 Å². The van der Waals surface area contributed by atoms with Crippen LogP contribution >= 0.6 is 0 Å². The molecule has 0 aliphatic heterocycles. The average Bonchev–Trinajstić information content (AvgIpc) is 3.08. The van der Waals surface area contributed by atoms with Crippen molar-refractivity contribution in [3.63, 3.8) is 0 Å². The second-order valence-electron chi connectivity index (χ2n) is 13.2. The molecule has 47 heavy (non-hydrogen) atoms. The average molecular weight is 633 g/mol. The highest BCUT2D eigenvalue weighted by molar-refractivity contribution is 6.32. The summed E-state index contributed by atoms with van der Waals surface area (Å²) in [4.78, 5) is 26.7. The summed E-state index contributed by atoms with van der Waals surface area (Å²) in [5, 5.41) is 9.89. The number of carbonyl (C=O) groups is 2. The van der Waals surface area contributed by atoms with E-state index in [1.807, 2.05) is 61.6 Å². The lowest BCUT2D eigenvalue weighted by molar-refractivity contribution is -0.890. The number of rotatable bonds is 15. The third-order valence-corrected chi connectivity index (χ3v) is 9.06. The fraction of sp³-hybridized carbons (Fsp3) is 0.333. The first-order chi connectivity index (χ1) is 22.6. The molecular formula is C39H48N6O2+2. The number of nitrogens with one attached hydrogen (secondary N) is 1. The van der Waals surface area contributed by atoms with Crippen LogP contribution in [0.25, 0.3) is 0 Å². The van der Waals surface area contributed by atoms with Gasteiger partial charge in [0.15, 0.2) is 24.0 Å². The van der Waals surface area contributed by atoms with Crippen LogP contribution in [0.1, 0.15) is 75.1 Å². The Hall–Kier alpha value is -4.82. The Bertz CT molecular complexity index is 1730. The lowest BCUT2D eigenvalue weighted by Crippen LogP contribution is -2.41. The number of hydrazone groups is 1. The Morgan fingerprint density at radius 1 is 0.830 bits per heavy atom. The maximum Gasteiger partial charge on any atom is 0.196 e. The number of nitrogens with two attached hydrogens (primary N) is 1. The first-order valence-corrected chi connectivity index (χ1v) is 16.6. The molecule has 0 atom stereocenters. The molecule has 1 aliphatic rings. The number of ketones is 2. The number of quaternary nitrogens is 1. The summed E-state index contributed by atoms with van der Waals surface area (Å²) in [7, 11) is 6.52. The molecule has 8 heteroatoms.